The second kappa shape index (κ2) is 15.0. The molecule has 1 aromatic heterocycles. The fourth-order valence-corrected chi connectivity index (χ4v) is 7.98. The fraction of sp³-hybridized carbons (Fsp3) is 0.368. The van der Waals surface area contributed by atoms with Crippen molar-refractivity contribution in [3.8, 4) is 0 Å². The van der Waals surface area contributed by atoms with Crippen LogP contribution in [-0.2, 0) is 25.9 Å². The van der Waals surface area contributed by atoms with Crippen molar-refractivity contribution < 1.29 is 42.1 Å². The molecular formula is C38H44FN5O8S. The molecule has 53 heavy (non-hydrogen) atoms. The number of carbonyl (C=O) groups is 3. The van der Waals surface area contributed by atoms with Crippen LogP contribution in [0.5, 0.6) is 0 Å². The van der Waals surface area contributed by atoms with E-state index in [0.29, 0.717) is 34.6 Å². The highest BCUT2D eigenvalue weighted by atomic mass is 32.2. The summed E-state index contributed by atoms with van der Waals surface area (Å²) in [5, 5.41) is 22.3. The number of nitrogens with one attached hydrogen (secondary N) is 1. The maximum Gasteiger partial charge on any atom is 0.425 e. The maximum absolute atomic E-state index is 15.4. The summed E-state index contributed by atoms with van der Waals surface area (Å²) in [5.74, 6) is -1.81. The van der Waals surface area contributed by atoms with Crippen LogP contribution in [0.15, 0.2) is 65.7 Å². The van der Waals surface area contributed by atoms with E-state index in [0.717, 1.165) is 17.3 Å². The quantitative estimate of drug-likeness (QED) is 0.122. The third kappa shape index (κ3) is 8.52. The minimum absolute atomic E-state index is 0.00643. The summed E-state index contributed by atoms with van der Waals surface area (Å²) in [6.45, 7) is 8.28. The molecule has 1 unspecified atom stereocenters. The van der Waals surface area contributed by atoms with Crippen molar-refractivity contribution in [2.75, 3.05) is 29.6 Å². The Morgan fingerprint density at radius 1 is 1.08 bits per heavy atom. The number of carboxylic acid groups (broad SMARTS) is 1. The van der Waals surface area contributed by atoms with Crippen molar-refractivity contribution in [1.82, 2.24) is 9.88 Å². The number of hydrogen-bond acceptors (Lipinski definition) is 10. The number of likely N-dealkylation sites (N-methyl/N-ethyl adjacent to an activating group) is 1. The van der Waals surface area contributed by atoms with Crippen molar-refractivity contribution in [3.05, 3.63) is 88.9 Å². The first kappa shape index (κ1) is 38.9. The van der Waals surface area contributed by atoms with Crippen molar-refractivity contribution in [3.63, 3.8) is 0 Å². The predicted molar refractivity (Wildman–Crippen MR) is 199 cm³/mol. The van der Waals surface area contributed by atoms with E-state index in [1.54, 1.807) is 32.9 Å². The zero-order chi connectivity index (χ0) is 39.0. The van der Waals surface area contributed by atoms with E-state index >= 15 is 4.39 Å². The van der Waals surface area contributed by atoms with Gasteiger partial charge in [0.25, 0.3) is 0 Å². The van der Waals surface area contributed by atoms with E-state index in [-0.39, 0.29) is 46.2 Å². The first-order valence-corrected chi connectivity index (χ1v) is 18.6. The third-order valence-corrected chi connectivity index (χ3v) is 11.3. The molecule has 0 saturated heterocycles. The number of ether oxygens (including phenoxy) is 1. The first-order chi connectivity index (χ1) is 24.8. The second-order valence-electron chi connectivity index (χ2n) is 14.4. The fourth-order valence-electron chi connectivity index (χ4n) is 6.12. The number of halogens is 1. The van der Waals surface area contributed by atoms with Gasteiger partial charge in [0.15, 0.2) is 15.7 Å². The molecule has 0 bridgehead atoms. The minimum atomic E-state index is -3.62. The van der Waals surface area contributed by atoms with E-state index in [9.17, 15) is 33.0 Å². The van der Waals surface area contributed by atoms with Gasteiger partial charge in [-0.25, -0.2) is 27.4 Å². The number of nitrogens with zero attached hydrogens (tertiary/aromatic N) is 3. The lowest BCUT2D eigenvalue weighted by atomic mass is 9.93. The van der Waals surface area contributed by atoms with Crippen LogP contribution in [0.25, 0.3) is 10.8 Å². The molecule has 0 radical (unpaired) electrons. The number of benzene rings is 3. The monoisotopic (exact) mass is 749 g/mol. The van der Waals surface area contributed by atoms with Gasteiger partial charge < -0.3 is 30.9 Å². The largest absolute Gasteiger partial charge is 0.464 e. The van der Waals surface area contributed by atoms with Gasteiger partial charge in [-0.2, -0.15) is 4.90 Å². The summed E-state index contributed by atoms with van der Waals surface area (Å²) < 4.78 is 47.2. The molecule has 1 fully saturated rings. The molecule has 0 aliphatic heterocycles. The van der Waals surface area contributed by atoms with Crippen LogP contribution in [0, 0.1) is 12.7 Å². The molecule has 4 aromatic rings. The van der Waals surface area contributed by atoms with Crippen LogP contribution in [0.3, 0.4) is 0 Å². The van der Waals surface area contributed by atoms with E-state index in [1.165, 1.54) is 42.3 Å². The molecule has 1 saturated carbocycles. The van der Waals surface area contributed by atoms with Gasteiger partial charge in [0.1, 0.15) is 17.5 Å². The van der Waals surface area contributed by atoms with Crippen molar-refractivity contribution in [2.24, 2.45) is 0 Å². The molecule has 15 heteroatoms. The van der Waals surface area contributed by atoms with E-state index < -0.39 is 50.6 Å². The summed E-state index contributed by atoms with van der Waals surface area (Å²) in [6, 6.07) is 13.1. The number of aliphatic hydroxyl groups is 1. The van der Waals surface area contributed by atoms with Crippen molar-refractivity contribution in [2.45, 2.75) is 81.7 Å². The molecule has 1 aliphatic rings. The van der Waals surface area contributed by atoms with Crippen LogP contribution in [0.1, 0.15) is 74.8 Å². The van der Waals surface area contributed by atoms with E-state index in [4.69, 9.17) is 10.5 Å². The number of pyridine rings is 1. The number of imide groups is 1. The Bertz CT molecular complexity index is 2190. The smallest absolute Gasteiger partial charge is 0.425 e. The normalized spacial score (nSPS) is 14.3. The number of anilines is 3. The van der Waals surface area contributed by atoms with Crippen LogP contribution >= 0.6 is 0 Å². The van der Waals surface area contributed by atoms with E-state index in [2.05, 4.69) is 10.3 Å². The number of carbonyl (C=O) groups excluding carboxylic acids is 2. The molecule has 1 aliphatic carbocycles. The highest BCUT2D eigenvalue weighted by Gasteiger charge is 2.38. The Morgan fingerprint density at radius 3 is 2.38 bits per heavy atom. The standard InChI is InChI=1S/C38H44FN5O8S/c1-21-15-23(7-12-28(21)22(2)20-45)33(35(46)43(6)19-24-16-25(40)8-14-32(24)53(50,51)27-10-11-27)42-26-9-13-29-30(17-26)31(39)18-41-34(29)44(36(47)48)37(49)52-38(3,4)5/h7-9,12-18,22,27,33,42,45H,10-11,19-20,40H2,1-6H3,(H,47,48)/t22-,33?/m0/s1. The Morgan fingerprint density at radius 2 is 1.77 bits per heavy atom. The summed E-state index contributed by atoms with van der Waals surface area (Å²) in [6.07, 6.45) is -0.976. The third-order valence-electron chi connectivity index (χ3n) is 8.93. The molecule has 13 nitrogen and oxygen atoms in total. The van der Waals surface area contributed by atoms with Crippen LogP contribution < -0.4 is 16.0 Å². The number of amides is 3. The topological polar surface area (TPSA) is 192 Å². The van der Waals surface area contributed by atoms with Crippen LogP contribution in [-0.4, -0.2) is 71.1 Å². The summed E-state index contributed by atoms with van der Waals surface area (Å²) in [5.41, 5.74) is 8.24. The first-order valence-electron chi connectivity index (χ1n) is 17.0. The molecule has 5 N–H and O–H groups in total. The van der Waals surface area contributed by atoms with E-state index in [1.807, 2.05) is 26.0 Å². The Kier molecular flexibility index (Phi) is 11.0. The number of hydrogen-bond donors (Lipinski definition) is 4. The summed E-state index contributed by atoms with van der Waals surface area (Å²) >= 11 is 0. The number of aryl methyl sites for hydroxylation is 1. The van der Waals surface area contributed by atoms with Gasteiger partial charge in [-0.3, -0.25) is 4.79 Å². The summed E-state index contributed by atoms with van der Waals surface area (Å²) in [7, 11) is -2.08. The van der Waals surface area contributed by atoms with Gasteiger partial charge in [0.05, 0.1) is 16.3 Å². The Labute approximate surface area is 307 Å². The number of nitrogen functional groups attached to an aromatic ring is 1. The number of nitrogens with two attached hydrogens (primary N) is 1. The lowest BCUT2D eigenvalue weighted by Crippen LogP contribution is -2.40. The summed E-state index contributed by atoms with van der Waals surface area (Å²) in [4.78, 5) is 45.2. The lowest BCUT2D eigenvalue weighted by Gasteiger charge is -2.28. The van der Waals surface area contributed by atoms with Gasteiger partial charge in [-0.1, -0.05) is 25.1 Å². The predicted octanol–water partition coefficient (Wildman–Crippen LogP) is 6.53. The number of sulfone groups is 1. The van der Waals surface area contributed by atoms with Crippen molar-refractivity contribution >= 4 is 55.9 Å². The molecule has 282 valence electrons. The Balaban J connectivity index is 1.55. The molecular weight excluding hydrogens is 706 g/mol. The highest BCUT2D eigenvalue weighted by Crippen LogP contribution is 2.37. The zero-order valence-corrected chi connectivity index (χ0v) is 31.2. The molecule has 5 rings (SSSR count). The maximum atomic E-state index is 15.4. The number of fused-ring (bicyclic) bond motifs is 1. The number of aromatic nitrogens is 1. The van der Waals surface area contributed by atoms with Gasteiger partial charge in [0, 0.05) is 48.3 Å². The molecule has 0 spiro atoms. The SMILES string of the molecule is Cc1cc(C(Nc2ccc3c(N(C(=O)O)C(=O)OC(C)(C)C)ncc(F)c3c2)C(=O)N(C)Cc2cc(N)ccc2S(=O)(=O)C2CC2)ccc1[C@@H](C)CO. The minimum Gasteiger partial charge on any atom is -0.464 e. The number of aliphatic hydroxyl groups excluding tert-OH is 1. The average Bonchev–Trinajstić information content (AvgIpc) is 3.93. The van der Waals surface area contributed by atoms with Gasteiger partial charge in [-0.15, -0.1) is 0 Å². The lowest BCUT2D eigenvalue weighted by molar-refractivity contribution is -0.131. The van der Waals surface area contributed by atoms with Crippen LogP contribution in [0.2, 0.25) is 0 Å². The molecule has 2 atom stereocenters. The number of rotatable bonds is 11. The Hall–Kier alpha value is -5.28. The van der Waals surface area contributed by atoms with Gasteiger partial charge in [-0.05, 0) is 99.2 Å². The van der Waals surface area contributed by atoms with Crippen LogP contribution in [0.4, 0.5) is 31.2 Å². The molecule has 3 aromatic carbocycles. The van der Waals surface area contributed by atoms with Gasteiger partial charge in [0.2, 0.25) is 5.91 Å². The highest BCUT2D eigenvalue weighted by molar-refractivity contribution is 7.92. The second-order valence-corrected chi connectivity index (χ2v) is 16.6. The van der Waals surface area contributed by atoms with Crippen molar-refractivity contribution in [1.29, 1.82) is 0 Å². The van der Waals surface area contributed by atoms with Gasteiger partial charge >= 0.3 is 12.2 Å². The molecule has 1 heterocycles. The average molecular weight is 750 g/mol. The molecule has 3 amide bonds. The zero-order valence-electron chi connectivity index (χ0n) is 30.4.